The highest BCUT2D eigenvalue weighted by Crippen LogP contribution is 2.14. The first-order chi connectivity index (χ1) is 5.41. The quantitative estimate of drug-likeness (QED) is 0.708. The lowest BCUT2D eigenvalue weighted by Gasteiger charge is -2.03. The summed E-state index contributed by atoms with van der Waals surface area (Å²) in [4.78, 5) is 0.211. The molecule has 0 radical (unpaired) electrons. The van der Waals surface area contributed by atoms with Crippen molar-refractivity contribution in [2.45, 2.75) is 18.7 Å². The molecule has 0 aliphatic heterocycles. The van der Waals surface area contributed by atoms with Gasteiger partial charge in [-0.05, 0) is 31.0 Å². The molecule has 2 N–H and O–H groups in total. The number of sulfonamides is 1. The van der Waals surface area contributed by atoms with Gasteiger partial charge >= 0.3 is 0 Å². The first-order valence-electron chi connectivity index (χ1n) is 3.51. The number of rotatable bonds is 1. The summed E-state index contributed by atoms with van der Waals surface area (Å²) in [6, 6.07) is 5.17. The highest BCUT2D eigenvalue weighted by molar-refractivity contribution is 7.89. The molecule has 0 fully saturated rings. The van der Waals surface area contributed by atoms with Crippen molar-refractivity contribution in [3.8, 4) is 0 Å². The average Bonchev–Trinajstić information content (AvgIpc) is 1.92. The Morgan fingerprint density at radius 2 is 1.83 bits per heavy atom. The van der Waals surface area contributed by atoms with E-state index in [0.29, 0.717) is 5.56 Å². The Balaban J connectivity index is 3.43. The summed E-state index contributed by atoms with van der Waals surface area (Å²) in [7, 11) is -3.56. The molecule has 0 heterocycles. The maximum absolute atomic E-state index is 11.0. The number of hydrogen-bond acceptors (Lipinski definition) is 2. The molecule has 0 unspecified atom stereocenters. The molecule has 0 saturated carbocycles. The van der Waals surface area contributed by atoms with Crippen molar-refractivity contribution in [3.63, 3.8) is 0 Å². The van der Waals surface area contributed by atoms with E-state index in [1.165, 1.54) is 0 Å². The normalized spacial score (nSPS) is 11.6. The van der Waals surface area contributed by atoms with Gasteiger partial charge in [-0.2, -0.15) is 0 Å². The zero-order valence-electron chi connectivity index (χ0n) is 7.03. The van der Waals surface area contributed by atoms with Gasteiger partial charge in [0.25, 0.3) is 0 Å². The summed E-state index contributed by atoms with van der Waals surface area (Å²) < 4.78 is 22.0. The van der Waals surface area contributed by atoms with Crippen LogP contribution in [0.15, 0.2) is 23.1 Å². The Morgan fingerprint density at radius 1 is 1.25 bits per heavy atom. The predicted molar refractivity (Wildman–Crippen MR) is 47.3 cm³/mol. The standard InChI is InChI=1S/C8H11NO2S/c1-6-3-4-7(2)8(5-6)12(9,10)11/h3-5H,1-2H3,(H2,9,10,11). The van der Waals surface area contributed by atoms with Crippen molar-refractivity contribution in [2.24, 2.45) is 5.14 Å². The van der Waals surface area contributed by atoms with Crippen LogP contribution in [0.4, 0.5) is 0 Å². The molecule has 0 bridgehead atoms. The summed E-state index contributed by atoms with van der Waals surface area (Å²) in [5, 5.41) is 5.00. The second-order valence-corrected chi connectivity index (χ2v) is 4.34. The first-order valence-corrected chi connectivity index (χ1v) is 5.06. The number of aryl methyl sites for hydroxylation is 2. The maximum Gasteiger partial charge on any atom is 0.238 e. The van der Waals surface area contributed by atoms with Crippen LogP contribution in [-0.2, 0) is 10.0 Å². The van der Waals surface area contributed by atoms with E-state index in [1.807, 2.05) is 13.0 Å². The largest absolute Gasteiger partial charge is 0.238 e. The molecular formula is C8H11NO2S. The number of benzene rings is 1. The van der Waals surface area contributed by atoms with Gasteiger partial charge < -0.3 is 0 Å². The van der Waals surface area contributed by atoms with Gasteiger partial charge in [0.1, 0.15) is 0 Å². The van der Waals surface area contributed by atoms with Crippen molar-refractivity contribution in [2.75, 3.05) is 0 Å². The third-order valence-corrected chi connectivity index (χ3v) is 2.70. The van der Waals surface area contributed by atoms with Gasteiger partial charge in [-0.25, -0.2) is 13.6 Å². The molecular weight excluding hydrogens is 174 g/mol. The Hall–Kier alpha value is -0.870. The van der Waals surface area contributed by atoms with Crippen LogP contribution in [0.25, 0.3) is 0 Å². The summed E-state index contributed by atoms with van der Waals surface area (Å²) >= 11 is 0. The maximum atomic E-state index is 11.0. The van der Waals surface area contributed by atoms with Gasteiger partial charge in [0, 0.05) is 0 Å². The van der Waals surface area contributed by atoms with Crippen molar-refractivity contribution < 1.29 is 8.42 Å². The van der Waals surface area contributed by atoms with E-state index in [4.69, 9.17) is 5.14 Å². The molecule has 0 amide bonds. The molecule has 0 atom stereocenters. The van der Waals surface area contributed by atoms with Gasteiger partial charge in [0.05, 0.1) is 4.90 Å². The van der Waals surface area contributed by atoms with E-state index >= 15 is 0 Å². The van der Waals surface area contributed by atoms with Gasteiger partial charge in [0.15, 0.2) is 0 Å². The molecule has 1 aromatic carbocycles. The minimum Gasteiger partial charge on any atom is -0.225 e. The van der Waals surface area contributed by atoms with E-state index in [1.54, 1.807) is 19.1 Å². The van der Waals surface area contributed by atoms with Crippen LogP contribution in [0.5, 0.6) is 0 Å². The Kier molecular flexibility index (Phi) is 2.21. The molecule has 3 nitrogen and oxygen atoms in total. The summed E-state index contributed by atoms with van der Waals surface area (Å²) in [6.07, 6.45) is 0. The molecule has 1 rings (SSSR count). The highest BCUT2D eigenvalue weighted by atomic mass is 32.2. The van der Waals surface area contributed by atoms with Crippen LogP contribution in [0, 0.1) is 13.8 Å². The summed E-state index contributed by atoms with van der Waals surface area (Å²) in [5.74, 6) is 0. The van der Waals surface area contributed by atoms with Gasteiger partial charge in [-0.1, -0.05) is 12.1 Å². The van der Waals surface area contributed by atoms with E-state index in [2.05, 4.69) is 0 Å². The van der Waals surface area contributed by atoms with E-state index < -0.39 is 10.0 Å². The Morgan fingerprint density at radius 3 is 2.25 bits per heavy atom. The first kappa shape index (κ1) is 9.22. The summed E-state index contributed by atoms with van der Waals surface area (Å²) in [5.41, 5.74) is 1.58. The zero-order chi connectivity index (χ0) is 9.35. The molecule has 0 aromatic heterocycles. The lowest BCUT2D eigenvalue weighted by Crippen LogP contribution is -2.13. The third kappa shape index (κ3) is 1.84. The van der Waals surface area contributed by atoms with Gasteiger partial charge in [0.2, 0.25) is 10.0 Å². The Labute approximate surface area is 72.3 Å². The molecule has 0 saturated heterocycles. The monoisotopic (exact) mass is 185 g/mol. The highest BCUT2D eigenvalue weighted by Gasteiger charge is 2.10. The Bertz CT molecular complexity index is 396. The second-order valence-electron chi connectivity index (χ2n) is 2.81. The number of hydrogen-bond donors (Lipinski definition) is 1. The van der Waals surface area contributed by atoms with Gasteiger partial charge in [-0.15, -0.1) is 0 Å². The fourth-order valence-corrected chi connectivity index (χ4v) is 1.88. The second kappa shape index (κ2) is 2.88. The van der Waals surface area contributed by atoms with Crippen LogP contribution in [0.2, 0.25) is 0 Å². The number of primary sulfonamides is 1. The lowest BCUT2D eigenvalue weighted by molar-refractivity contribution is 0.597. The van der Waals surface area contributed by atoms with Crippen LogP contribution < -0.4 is 5.14 Å². The fourth-order valence-electron chi connectivity index (χ4n) is 1.01. The average molecular weight is 185 g/mol. The molecule has 1 aromatic rings. The third-order valence-electron chi connectivity index (χ3n) is 1.65. The predicted octanol–water partition coefficient (Wildman–Crippen LogP) is 0.951. The van der Waals surface area contributed by atoms with Crippen molar-refractivity contribution >= 4 is 10.0 Å². The molecule has 12 heavy (non-hydrogen) atoms. The van der Waals surface area contributed by atoms with E-state index in [9.17, 15) is 8.42 Å². The minimum atomic E-state index is -3.56. The molecule has 4 heteroatoms. The molecule has 0 aliphatic carbocycles. The van der Waals surface area contributed by atoms with Crippen molar-refractivity contribution in [1.82, 2.24) is 0 Å². The van der Waals surface area contributed by atoms with Crippen LogP contribution in [0.1, 0.15) is 11.1 Å². The summed E-state index contributed by atoms with van der Waals surface area (Å²) in [6.45, 7) is 3.55. The van der Waals surface area contributed by atoms with Crippen LogP contribution >= 0.6 is 0 Å². The van der Waals surface area contributed by atoms with E-state index in [-0.39, 0.29) is 4.90 Å². The van der Waals surface area contributed by atoms with Crippen LogP contribution in [-0.4, -0.2) is 8.42 Å². The van der Waals surface area contributed by atoms with Gasteiger partial charge in [-0.3, -0.25) is 0 Å². The molecule has 0 aliphatic rings. The lowest BCUT2D eigenvalue weighted by atomic mass is 10.2. The van der Waals surface area contributed by atoms with Crippen LogP contribution in [0.3, 0.4) is 0 Å². The number of nitrogens with two attached hydrogens (primary N) is 1. The fraction of sp³-hybridized carbons (Fsp3) is 0.250. The molecule has 66 valence electrons. The van der Waals surface area contributed by atoms with Crippen molar-refractivity contribution in [1.29, 1.82) is 0 Å². The smallest absolute Gasteiger partial charge is 0.225 e. The molecule has 0 spiro atoms. The minimum absolute atomic E-state index is 0.211. The SMILES string of the molecule is Cc1ccc(C)c(S(N)(=O)=O)c1. The van der Waals surface area contributed by atoms with Crippen molar-refractivity contribution in [3.05, 3.63) is 29.3 Å². The zero-order valence-corrected chi connectivity index (χ0v) is 7.85. The topological polar surface area (TPSA) is 60.2 Å². The van der Waals surface area contributed by atoms with E-state index in [0.717, 1.165) is 5.56 Å².